The lowest BCUT2D eigenvalue weighted by atomic mass is 10.1. The maximum absolute atomic E-state index is 13.6. The van der Waals surface area contributed by atoms with Crippen LogP contribution in [0.1, 0.15) is 41.5 Å². The van der Waals surface area contributed by atoms with Crippen LogP contribution in [0.2, 0.25) is 5.02 Å². The Morgan fingerprint density at radius 1 is 0.946 bits per heavy atom. The zero-order valence-corrected chi connectivity index (χ0v) is 24.5. The van der Waals surface area contributed by atoms with E-state index in [1.165, 1.54) is 11.8 Å². The first-order chi connectivity index (χ1) is 17.3. The molecule has 1 aromatic heterocycles. The third kappa shape index (κ3) is 6.88. The fourth-order valence-corrected chi connectivity index (χ4v) is 6.24. The van der Waals surface area contributed by atoms with Crippen molar-refractivity contribution in [1.29, 1.82) is 0 Å². The molecule has 3 aromatic carbocycles. The molecule has 0 spiro atoms. The zero-order valence-electron chi connectivity index (χ0n) is 22.1. The van der Waals surface area contributed by atoms with E-state index in [2.05, 4.69) is 0 Å². The molecule has 0 unspecified atom stereocenters. The second-order valence-electron chi connectivity index (χ2n) is 10.5. The van der Waals surface area contributed by atoms with Crippen LogP contribution in [0, 0.1) is 0 Å². The molecule has 0 saturated heterocycles. The summed E-state index contributed by atoms with van der Waals surface area (Å²) in [6.45, 7) is 10.7. The van der Waals surface area contributed by atoms with E-state index in [1.54, 1.807) is 58.2 Å². The van der Waals surface area contributed by atoms with Crippen molar-refractivity contribution in [1.82, 2.24) is 9.55 Å². The molecule has 7 nitrogen and oxygen atoms in total. The molecule has 0 saturated carbocycles. The van der Waals surface area contributed by atoms with E-state index in [0.717, 1.165) is 10.8 Å². The van der Waals surface area contributed by atoms with Gasteiger partial charge in [-0.3, -0.25) is 18.1 Å². The Hall–Kier alpha value is -2.06. The Kier molecular flexibility index (Phi) is 8.01. The Labute approximate surface area is 227 Å². The molecule has 0 N–H and O–H groups in total. The number of rotatable bonds is 8. The van der Waals surface area contributed by atoms with Crippen molar-refractivity contribution in [3.8, 4) is 11.5 Å². The van der Waals surface area contributed by atoms with E-state index < -0.39 is 19.0 Å². The molecule has 0 atom stereocenters. The summed E-state index contributed by atoms with van der Waals surface area (Å²) in [5, 5.41) is 3.13. The van der Waals surface area contributed by atoms with Crippen molar-refractivity contribution in [2.75, 3.05) is 6.26 Å². The zero-order chi connectivity index (χ0) is 27.0. The molecular formula is C27H32ClN2O5PS. The monoisotopic (exact) mass is 562 g/mol. The first kappa shape index (κ1) is 28.0. The molecule has 0 amide bonds. The number of imidazole rings is 1. The molecule has 4 rings (SSSR count). The van der Waals surface area contributed by atoms with Crippen LogP contribution in [-0.2, 0) is 24.9 Å². The van der Waals surface area contributed by atoms with Crippen LogP contribution in [-0.4, -0.2) is 27.0 Å². The number of nitrogens with zero attached hydrogens (tertiary/aromatic N) is 2. The average Bonchev–Trinajstić information content (AvgIpc) is 3.12. The van der Waals surface area contributed by atoms with Gasteiger partial charge >= 0.3 is 7.82 Å². The normalized spacial score (nSPS) is 13.0. The lowest BCUT2D eigenvalue weighted by Crippen LogP contribution is -2.25. The van der Waals surface area contributed by atoms with Gasteiger partial charge in [0.1, 0.15) is 18.2 Å². The number of phosphoric ester groups is 1. The molecule has 1 heterocycles. The number of halogens is 1. The van der Waals surface area contributed by atoms with Gasteiger partial charge in [0.2, 0.25) is 0 Å². The van der Waals surface area contributed by atoms with Gasteiger partial charge in [-0.25, -0.2) is 9.55 Å². The summed E-state index contributed by atoms with van der Waals surface area (Å²) >= 11 is 8.11. The van der Waals surface area contributed by atoms with Crippen LogP contribution in [0.3, 0.4) is 0 Å². The van der Waals surface area contributed by atoms with Gasteiger partial charge in [0, 0.05) is 11.5 Å². The molecule has 0 aliphatic carbocycles. The van der Waals surface area contributed by atoms with E-state index in [0.29, 0.717) is 32.7 Å². The lowest BCUT2D eigenvalue weighted by molar-refractivity contribution is -0.00656. The van der Waals surface area contributed by atoms with Gasteiger partial charge in [0.25, 0.3) is 0 Å². The van der Waals surface area contributed by atoms with Crippen molar-refractivity contribution < 1.29 is 22.9 Å². The predicted molar refractivity (Wildman–Crippen MR) is 151 cm³/mol. The smallest absolute Gasteiger partial charge is 0.455 e. The van der Waals surface area contributed by atoms with Crippen LogP contribution >= 0.6 is 31.2 Å². The summed E-state index contributed by atoms with van der Waals surface area (Å²) in [7, 11) is -3.92. The minimum absolute atomic E-state index is 0.101. The van der Waals surface area contributed by atoms with Crippen LogP contribution in [0.25, 0.3) is 21.8 Å². The molecule has 37 heavy (non-hydrogen) atoms. The van der Waals surface area contributed by atoms with E-state index in [1.807, 2.05) is 48.7 Å². The molecule has 0 aliphatic heterocycles. The quantitative estimate of drug-likeness (QED) is 0.157. The van der Waals surface area contributed by atoms with Gasteiger partial charge in [-0.1, -0.05) is 59.8 Å². The Morgan fingerprint density at radius 3 is 2.24 bits per heavy atom. The topological polar surface area (TPSA) is 71.8 Å². The standard InChI is InChI=1S/C27H32ClN2O5PS/c1-26(2,3)34-36(31,35-27(4,5)6)32-17-30-22-15-20(28)24(16-21(22)29-25(30)37-7)33-23-14-10-12-18-11-8-9-13-19(18)23/h8-16H,17H2,1-7H3. The highest BCUT2D eigenvalue weighted by Crippen LogP contribution is 2.56. The predicted octanol–water partition coefficient (Wildman–Crippen LogP) is 9.07. The first-order valence-corrected chi connectivity index (χ1v) is 14.9. The summed E-state index contributed by atoms with van der Waals surface area (Å²) in [5.74, 6) is 1.19. The highest BCUT2D eigenvalue weighted by molar-refractivity contribution is 7.98. The van der Waals surface area contributed by atoms with Gasteiger partial charge in [-0.15, -0.1) is 0 Å². The van der Waals surface area contributed by atoms with Crippen molar-refractivity contribution in [2.45, 2.75) is 64.6 Å². The van der Waals surface area contributed by atoms with Gasteiger partial charge in [-0.2, -0.15) is 0 Å². The van der Waals surface area contributed by atoms with Crippen LogP contribution in [0.15, 0.2) is 59.8 Å². The molecule has 198 valence electrons. The van der Waals surface area contributed by atoms with Crippen LogP contribution < -0.4 is 4.74 Å². The lowest BCUT2D eigenvalue weighted by Gasteiger charge is -2.31. The number of hydrogen-bond acceptors (Lipinski definition) is 7. The molecule has 10 heteroatoms. The fraction of sp³-hybridized carbons (Fsp3) is 0.370. The molecule has 0 radical (unpaired) electrons. The Morgan fingerprint density at radius 2 is 1.59 bits per heavy atom. The minimum atomic E-state index is -3.92. The largest absolute Gasteiger partial charge is 0.477 e. The highest BCUT2D eigenvalue weighted by Gasteiger charge is 2.37. The highest BCUT2D eigenvalue weighted by atomic mass is 35.5. The summed E-state index contributed by atoms with van der Waals surface area (Å²) in [4.78, 5) is 4.72. The summed E-state index contributed by atoms with van der Waals surface area (Å²) < 4.78 is 38.9. The van der Waals surface area contributed by atoms with Gasteiger partial charge in [0.15, 0.2) is 5.16 Å². The number of aromatic nitrogens is 2. The Bertz CT molecular complexity index is 1450. The SMILES string of the molecule is CSc1nc2cc(Oc3cccc4ccccc34)c(Cl)cc2n1COP(=O)(OC(C)(C)C)OC(C)(C)C. The maximum Gasteiger partial charge on any atom is 0.477 e. The average molecular weight is 563 g/mol. The third-order valence-corrected chi connectivity index (χ3v) is 7.98. The van der Waals surface area contributed by atoms with E-state index in [-0.39, 0.29) is 6.73 Å². The second kappa shape index (κ2) is 10.6. The van der Waals surface area contributed by atoms with E-state index >= 15 is 0 Å². The van der Waals surface area contributed by atoms with Gasteiger partial charge in [-0.05, 0) is 65.3 Å². The van der Waals surface area contributed by atoms with E-state index in [4.69, 9.17) is 34.9 Å². The van der Waals surface area contributed by atoms with Crippen molar-refractivity contribution >= 4 is 53.0 Å². The molecule has 0 bridgehead atoms. The van der Waals surface area contributed by atoms with Crippen molar-refractivity contribution in [2.24, 2.45) is 0 Å². The number of thioether (sulfide) groups is 1. The van der Waals surface area contributed by atoms with Crippen LogP contribution in [0.5, 0.6) is 11.5 Å². The summed E-state index contributed by atoms with van der Waals surface area (Å²) in [6, 6.07) is 17.5. The summed E-state index contributed by atoms with van der Waals surface area (Å²) in [5.41, 5.74) is -0.109. The molecule has 0 fully saturated rings. The number of ether oxygens (including phenoxy) is 1. The van der Waals surface area contributed by atoms with Crippen molar-refractivity contribution in [3.63, 3.8) is 0 Å². The third-order valence-electron chi connectivity index (χ3n) is 5.04. The van der Waals surface area contributed by atoms with Gasteiger partial charge < -0.3 is 4.74 Å². The Balaban J connectivity index is 1.67. The fourth-order valence-electron chi connectivity index (χ4n) is 3.74. The second-order valence-corrected chi connectivity index (χ2v) is 13.2. The van der Waals surface area contributed by atoms with Crippen LogP contribution in [0.4, 0.5) is 0 Å². The number of benzene rings is 3. The van der Waals surface area contributed by atoms with Crippen molar-refractivity contribution in [3.05, 3.63) is 59.6 Å². The number of phosphoric acid groups is 1. The van der Waals surface area contributed by atoms with E-state index in [9.17, 15) is 4.57 Å². The number of fused-ring (bicyclic) bond motifs is 2. The molecule has 4 aromatic rings. The number of hydrogen-bond donors (Lipinski definition) is 0. The molecular weight excluding hydrogens is 531 g/mol. The first-order valence-electron chi connectivity index (χ1n) is 11.8. The maximum atomic E-state index is 13.6. The van der Waals surface area contributed by atoms with Gasteiger partial charge in [0.05, 0.1) is 27.3 Å². The minimum Gasteiger partial charge on any atom is -0.455 e. The molecule has 0 aliphatic rings. The summed E-state index contributed by atoms with van der Waals surface area (Å²) in [6.07, 6.45) is 1.91.